The third-order valence-electron chi connectivity index (χ3n) is 2.77. The van der Waals surface area contributed by atoms with Gasteiger partial charge in [0.15, 0.2) is 11.5 Å². The Morgan fingerprint density at radius 3 is 2.82 bits per heavy atom. The van der Waals surface area contributed by atoms with E-state index in [9.17, 15) is 0 Å². The molecule has 0 saturated heterocycles. The Kier molecular flexibility index (Phi) is 2.39. The van der Waals surface area contributed by atoms with E-state index in [0.29, 0.717) is 22.8 Å². The van der Waals surface area contributed by atoms with E-state index in [1.807, 2.05) is 6.07 Å². The Bertz CT molecular complexity index is 570. The van der Waals surface area contributed by atoms with Gasteiger partial charge >= 0.3 is 0 Å². The molecule has 1 aromatic heterocycles. The number of ether oxygens (including phenoxy) is 2. The molecule has 3 rings (SSSR count). The largest absolute Gasteiger partial charge is 0.493 e. The third kappa shape index (κ3) is 1.93. The standard InChI is InChI=1S/C12H11BN2O2/c1-16-11-5-10-8(9(13)6-14-15-10)4-12(11)17-7-2-3-7/h4-7H,2-3H2,1H3. The lowest BCUT2D eigenvalue weighted by atomic mass is 9.94. The molecule has 1 heterocycles. The van der Waals surface area contributed by atoms with Gasteiger partial charge in [0.1, 0.15) is 7.85 Å². The van der Waals surface area contributed by atoms with Crippen LogP contribution in [0.15, 0.2) is 18.3 Å². The van der Waals surface area contributed by atoms with Gasteiger partial charge in [-0.2, -0.15) is 10.2 Å². The van der Waals surface area contributed by atoms with Gasteiger partial charge < -0.3 is 9.47 Å². The molecule has 1 fully saturated rings. The van der Waals surface area contributed by atoms with Crippen LogP contribution in [0.2, 0.25) is 0 Å². The Morgan fingerprint density at radius 2 is 2.12 bits per heavy atom. The van der Waals surface area contributed by atoms with Crippen LogP contribution in [-0.4, -0.2) is 31.3 Å². The van der Waals surface area contributed by atoms with Gasteiger partial charge in [-0.25, -0.2) is 0 Å². The summed E-state index contributed by atoms with van der Waals surface area (Å²) in [5.74, 6) is 1.39. The van der Waals surface area contributed by atoms with E-state index in [1.54, 1.807) is 13.2 Å². The van der Waals surface area contributed by atoms with Crippen LogP contribution >= 0.6 is 0 Å². The second-order valence-corrected chi connectivity index (χ2v) is 4.14. The lowest BCUT2D eigenvalue weighted by Crippen LogP contribution is -2.08. The van der Waals surface area contributed by atoms with Crippen molar-refractivity contribution in [3.05, 3.63) is 18.3 Å². The Balaban J connectivity index is 2.14. The molecular formula is C12H11BN2O2. The Labute approximate surface area is 100 Å². The first kappa shape index (κ1) is 10.4. The number of methoxy groups -OCH3 is 1. The Morgan fingerprint density at radius 1 is 1.29 bits per heavy atom. The quantitative estimate of drug-likeness (QED) is 0.731. The minimum Gasteiger partial charge on any atom is -0.493 e. The number of hydrogen-bond acceptors (Lipinski definition) is 4. The van der Waals surface area contributed by atoms with E-state index >= 15 is 0 Å². The second-order valence-electron chi connectivity index (χ2n) is 4.14. The number of aromatic nitrogens is 2. The van der Waals surface area contributed by atoms with E-state index in [-0.39, 0.29) is 0 Å². The van der Waals surface area contributed by atoms with E-state index < -0.39 is 0 Å². The molecule has 0 amide bonds. The molecule has 0 atom stereocenters. The normalized spacial score (nSPS) is 14.9. The smallest absolute Gasteiger partial charge is 0.163 e. The maximum atomic E-state index is 5.86. The molecule has 5 heteroatoms. The van der Waals surface area contributed by atoms with Crippen LogP contribution in [0, 0.1) is 0 Å². The minimum absolute atomic E-state index is 0.317. The summed E-state index contributed by atoms with van der Waals surface area (Å²) in [4.78, 5) is 0. The highest BCUT2D eigenvalue weighted by Crippen LogP contribution is 2.35. The van der Waals surface area contributed by atoms with Gasteiger partial charge in [-0.05, 0) is 18.9 Å². The first-order valence-corrected chi connectivity index (χ1v) is 5.53. The van der Waals surface area contributed by atoms with Crippen LogP contribution in [-0.2, 0) is 0 Å². The molecule has 1 aliphatic rings. The summed E-state index contributed by atoms with van der Waals surface area (Å²) in [6.45, 7) is 0. The third-order valence-corrected chi connectivity index (χ3v) is 2.77. The summed E-state index contributed by atoms with van der Waals surface area (Å²) in [6.07, 6.45) is 4.06. The summed E-state index contributed by atoms with van der Waals surface area (Å²) in [5, 5.41) is 8.68. The predicted molar refractivity (Wildman–Crippen MR) is 65.1 cm³/mol. The van der Waals surface area contributed by atoms with Gasteiger partial charge in [-0.3, -0.25) is 0 Å². The zero-order valence-electron chi connectivity index (χ0n) is 9.51. The fraction of sp³-hybridized carbons (Fsp3) is 0.333. The molecule has 2 radical (unpaired) electrons. The zero-order chi connectivity index (χ0) is 11.8. The monoisotopic (exact) mass is 226 g/mol. The zero-order valence-corrected chi connectivity index (χ0v) is 9.51. The first-order chi connectivity index (χ1) is 8.28. The average molecular weight is 226 g/mol. The van der Waals surface area contributed by atoms with Gasteiger partial charge in [0.2, 0.25) is 0 Å². The van der Waals surface area contributed by atoms with Crippen LogP contribution in [0.3, 0.4) is 0 Å². The molecule has 4 nitrogen and oxygen atoms in total. The van der Waals surface area contributed by atoms with Crippen LogP contribution in [0.1, 0.15) is 12.8 Å². The van der Waals surface area contributed by atoms with Gasteiger partial charge in [-0.1, -0.05) is 5.46 Å². The minimum atomic E-state index is 0.317. The van der Waals surface area contributed by atoms with Gasteiger partial charge in [0, 0.05) is 17.6 Å². The SMILES string of the molecule is [B]c1cnnc2cc(OC)c(OC3CC3)cc12. The number of nitrogens with zero attached hydrogens (tertiary/aromatic N) is 2. The number of hydrogen-bond donors (Lipinski definition) is 0. The van der Waals surface area contributed by atoms with Crippen LogP contribution in [0.5, 0.6) is 11.5 Å². The fourth-order valence-corrected chi connectivity index (χ4v) is 1.70. The molecule has 2 aromatic rings. The van der Waals surface area contributed by atoms with Gasteiger partial charge in [0.05, 0.1) is 18.7 Å². The van der Waals surface area contributed by atoms with Crippen molar-refractivity contribution < 1.29 is 9.47 Å². The molecule has 0 spiro atoms. The maximum absolute atomic E-state index is 5.86. The molecule has 0 unspecified atom stereocenters. The second kappa shape index (κ2) is 3.91. The summed E-state index contributed by atoms with van der Waals surface area (Å²) in [5.41, 5.74) is 1.31. The first-order valence-electron chi connectivity index (χ1n) is 5.53. The number of fused-ring (bicyclic) bond motifs is 1. The number of benzene rings is 1. The van der Waals surface area contributed by atoms with E-state index in [1.165, 1.54) is 6.20 Å². The molecular weight excluding hydrogens is 215 g/mol. The molecule has 17 heavy (non-hydrogen) atoms. The van der Waals surface area contributed by atoms with Gasteiger partial charge in [-0.15, -0.1) is 0 Å². The molecule has 0 bridgehead atoms. The summed E-state index contributed by atoms with van der Waals surface area (Å²) < 4.78 is 11.1. The highest BCUT2D eigenvalue weighted by Gasteiger charge is 2.25. The van der Waals surface area contributed by atoms with Crippen molar-refractivity contribution in [2.75, 3.05) is 7.11 Å². The van der Waals surface area contributed by atoms with Crippen molar-refractivity contribution in [1.29, 1.82) is 0 Å². The van der Waals surface area contributed by atoms with Crippen LogP contribution in [0.25, 0.3) is 10.9 Å². The van der Waals surface area contributed by atoms with Crippen molar-refractivity contribution in [2.24, 2.45) is 0 Å². The van der Waals surface area contributed by atoms with Crippen molar-refractivity contribution in [1.82, 2.24) is 10.2 Å². The van der Waals surface area contributed by atoms with Crippen LogP contribution < -0.4 is 14.9 Å². The average Bonchev–Trinajstić information content (AvgIpc) is 3.13. The molecule has 1 aromatic carbocycles. The number of rotatable bonds is 3. The molecule has 84 valence electrons. The topological polar surface area (TPSA) is 44.2 Å². The maximum Gasteiger partial charge on any atom is 0.163 e. The van der Waals surface area contributed by atoms with E-state index in [4.69, 9.17) is 17.3 Å². The van der Waals surface area contributed by atoms with Gasteiger partial charge in [0.25, 0.3) is 0 Å². The predicted octanol–water partition coefficient (Wildman–Crippen LogP) is 0.973. The summed E-state index contributed by atoms with van der Waals surface area (Å²) >= 11 is 0. The van der Waals surface area contributed by atoms with Crippen molar-refractivity contribution >= 4 is 24.2 Å². The summed E-state index contributed by atoms with van der Waals surface area (Å²) in [6, 6.07) is 3.67. The van der Waals surface area contributed by atoms with E-state index in [2.05, 4.69) is 10.2 Å². The summed E-state index contributed by atoms with van der Waals surface area (Å²) in [7, 11) is 7.48. The van der Waals surface area contributed by atoms with E-state index in [0.717, 1.165) is 24.0 Å². The van der Waals surface area contributed by atoms with Crippen molar-refractivity contribution in [2.45, 2.75) is 18.9 Å². The molecule has 1 saturated carbocycles. The molecule has 0 aliphatic heterocycles. The highest BCUT2D eigenvalue weighted by molar-refractivity contribution is 6.38. The fourth-order valence-electron chi connectivity index (χ4n) is 1.70. The van der Waals surface area contributed by atoms with Crippen LogP contribution in [0.4, 0.5) is 0 Å². The highest BCUT2D eigenvalue weighted by atomic mass is 16.5. The lowest BCUT2D eigenvalue weighted by Gasteiger charge is -2.11. The molecule has 1 aliphatic carbocycles. The molecule has 0 N–H and O–H groups in total. The lowest BCUT2D eigenvalue weighted by molar-refractivity contribution is 0.282. The van der Waals surface area contributed by atoms with Crippen molar-refractivity contribution in [3.8, 4) is 11.5 Å². The Hall–Kier alpha value is -1.78. The van der Waals surface area contributed by atoms with Crippen molar-refractivity contribution in [3.63, 3.8) is 0 Å².